The Labute approximate surface area is 193 Å². The first kappa shape index (κ1) is 21.2. The van der Waals surface area contributed by atoms with Crippen molar-refractivity contribution < 1.29 is 4.79 Å². The summed E-state index contributed by atoms with van der Waals surface area (Å²) in [4.78, 5) is 21.6. The third kappa shape index (κ3) is 4.07. The summed E-state index contributed by atoms with van der Waals surface area (Å²) in [6.45, 7) is 6.98. The van der Waals surface area contributed by atoms with Crippen molar-refractivity contribution in [2.75, 3.05) is 36.9 Å². The van der Waals surface area contributed by atoms with Crippen molar-refractivity contribution in [3.05, 3.63) is 52.0 Å². The van der Waals surface area contributed by atoms with Gasteiger partial charge in [0.25, 0.3) is 5.91 Å². The van der Waals surface area contributed by atoms with Crippen LogP contribution >= 0.6 is 11.3 Å². The quantitative estimate of drug-likeness (QED) is 0.533. The Morgan fingerprint density at radius 3 is 2.69 bits per heavy atom. The Hall–Kier alpha value is -2.64. The monoisotopic (exact) mass is 449 g/mol. The minimum Gasteiger partial charge on any atom is -0.386 e. The van der Waals surface area contributed by atoms with Gasteiger partial charge in [0.1, 0.15) is 9.71 Å². The van der Waals surface area contributed by atoms with Crippen LogP contribution in [0.2, 0.25) is 0 Å². The summed E-state index contributed by atoms with van der Waals surface area (Å²) in [5, 5.41) is 11.0. The molecule has 0 spiro atoms. The van der Waals surface area contributed by atoms with Gasteiger partial charge in [-0.3, -0.25) is 4.79 Å². The molecule has 4 heterocycles. The molecule has 2 saturated heterocycles. The molecular formula is C25H31N5OS. The maximum atomic E-state index is 12.9. The molecule has 1 aromatic carbocycles. The number of benzene rings is 1. The van der Waals surface area contributed by atoms with Crippen LogP contribution in [0.3, 0.4) is 0 Å². The van der Waals surface area contributed by atoms with Crippen molar-refractivity contribution in [1.29, 1.82) is 0 Å². The molecule has 2 fully saturated rings. The smallest absolute Gasteiger partial charge is 0.263 e. The van der Waals surface area contributed by atoms with Crippen molar-refractivity contribution in [1.82, 2.24) is 15.6 Å². The molecule has 2 atom stereocenters. The Kier molecular flexibility index (Phi) is 5.78. The average Bonchev–Trinajstić information content (AvgIpc) is 3.31. The largest absolute Gasteiger partial charge is 0.386 e. The predicted molar refractivity (Wildman–Crippen MR) is 133 cm³/mol. The molecule has 32 heavy (non-hydrogen) atoms. The van der Waals surface area contributed by atoms with Crippen molar-refractivity contribution in [2.45, 2.75) is 45.2 Å². The lowest BCUT2D eigenvalue weighted by atomic mass is 10.0. The number of pyridine rings is 1. The van der Waals surface area contributed by atoms with Crippen LogP contribution in [0.5, 0.6) is 0 Å². The zero-order chi connectivity index (χ0) is 22.2. The standard InChI is InChI=1S/C25H31N5OS/c1-15-12-17(5-9-21(15)30-13-18-6-7-19(14-30)29-18)10-11-27-24(31)23-22(26-3)20-8-4-16(2)28-25(20)32-23/h4-5,8-9,12,18-19,26,29H,6-7,10-11,13-14H2,1-3H3,(H,27,31)/t18-,19+. The number of piperazine rings is 1. The van der Waals surface area contributed by atoms with Gasteiger partial charge in [-0.25, -0.2) is 4.98 Å². The minimum absolute atomic E-state index is 0.0420. The maximum Gasteiger partial charge on any atom is 0.263 e. The molecular weight excluding hydrogens is 418 g/mol. The number of nitrogens with one attached hydrogen (secondary N) is 3. The van der Waals surface area contributed by atoms with E-state index in [1.54, 1.807) is 0 Å². The summed E-state index contributed by atoms with van der Waals surface area (Å²) in [6, 6.07) is 12.0. The number of anilines is 2. The third-order valence-electron chi connectivity index (χ3n) is 6.67. The number of rotatable bonds is 6. The number of aromatic nitrogens is 1. The van der Waals surface area contributed by atoms with E-state index in [9.17, 15) is 4.79 Å². The van der Waals surface area contributed by atoms with E-state index in [1.165, 1.54) is 41.0 Å². The highest BCUT2D eigenvalue weighted by Gasteiger charge is 2.32. The summed E-state index contributed by atoms with van der Waals surface area (Å²) in [7, 11) is 1.85. The summed E-state index contributed by atoms with van der Waals surface area (Å²) in [5.74, 6) is -0.0420. The van der Waals surface area contributed by atoms with Crippen LogP contribution in [0.4, 0.5) is 11.4 Å². The maximum absolute atomic E-state index is 12.9. The van der Waals surface area contributed by atoms with Gasteiger partial charge in [-0.2, -0.15) is 0 Å². The molecule has 0 aliphatic carbocycles. The molecule has 3 aromatic rings. The summed E-state index contributed by atoms with van der Waals surface area (Å²) in [5.41, 5.74) is 5.74. The number of nitrogens with zero attached hydrogens (tertiary/aromatic N) is 2. The molecule has 0 saturated carbocycles. The van der Waals surface area contributed by atoms with E-state index in [4.69, 9.17) is 0 Å². The minimum atomic E-state index is -0.0420. The fourth-order valence-corrected chi connectivity index (χ4v) is 6.24. The number of carbonyl (C=O) groups is 1. The van der Waals surface area contributed by atoms with E-state index in [0.29, 0.717) is 23.5 Å². The zero-order valence-electron chi connectivity index (χ0n) is 19.0. The highest BCUT2D eigenvalue weighted by molar-refractivity contribution is 7.21. The summed E-state index contributed by atoms with van der Waals surface area (Å²) < 4.78 is 0. The van der Waals surface area contributed by atoms with Crippen LogP contribution < -0.4 is 20.9 Å². The second-order valence-electron chi connectivity index (χ2n) is 9.03. The van der Waals surface area contributed by atoms with Crippen molar-refractivity contribution in [2.24, 2.45) is 0 Å². The fraction of sp³-hybridized carbons (Fsp3) is 0.440. The molecule has 1 amide bonds. The average molecular weight is 450 g/mol. The number of hydrogen-bond donors (Lipinski definition) is 3. The van der Waals surface area contributed by atoms with Crippen LogP contribution in [0.15, 0.2) is 30.3 Å². The van der Waals surface area contributed by atoms with E-state index in [1.807, 2.05) is 26.1 Å². The normalized spacial score (nSPS) is 20.0. The van der Waals surface area contributed by atoms with Gasteiger partial charge in [0.15, 0.2) is 0 Å². The Bertz CT molecular complexity index is 1140. The van der Waals surface area contributed by atoms with E-state index in [0.717, 1.165) is 41.1 Å². The van der Waals surface area contributed by atoms with Crippen molar-refractivity contribution >= 4 is 38.8 Å². The lowest BCUT2D eigenvalue weighted by Crippen LogP contribution is -2.51. The molecule has 2 bridgehead atoms. The molecule has 2 aliphatic rings. The van der Waals surface area contributed by atoms with Gasteiger partial charge >= 0.3 is 0 Å². The van der Waals surface area contributed by atoms with Gasteiger partial charge < -0.3 is 20.9 Å². The Morgan fingerprint density at radius 1 is 1.19 bits per heavy atom. The highest BCUT2D eigenvalue weighted by Crippen LogP contribution is 2.34. The lowest BCUT2D eigenvalue weighted by Gasteiger charge is -2.35. The van der Waals surface area contributed by atoms with Gasteiger partial charge in [0.05, 0.1) is 5.69 Å². The first-order chi connectivity index (χ1) is 15.5. The van der Waals surface area contributed by atoms with Gasteiger partial charge in [-0.1, -0.05) is 12.1 Å². The Balaban J connectivity index is 1.22. The Morgan fingerprint density at radius 2 is 1.97 bits per heavy atom. The number of thiophene rings is 1. The van der Waals surface area contributed by atoms with E-state index in [-0.39, 0.29) is 5.91 Å². The van der Waals surface area contributed by atoms with Gasteiger partial charge in [-0.15, -0.1) is 11.3 Å². The number of amides is 1. The molecule has 3 N–H and O–H groups in total. The fourth-order valence-electron chi connectivity index (χ4n) is 5.10. The summed E-state index contributed by atoms with van der Waals surface area (Å²) in [6.07, 6.45) is 3.41. The lowest BCUT2D eigenvalue weighted by molar-refractivity contribution is 0.0959. The summed E-state index contributed by atoms with van der Waals surface area (Å²) >= 11 is 1.45. The van der Waals surface area contributed by atoms with E-state index in [2.05, 4.69) is 51.0 Å². The number of aryl methyl sites for hydroxylation is 2. The second-order valence-corrected chi connectivity index (χ2v) is 10.0. The van der Waals surface area contributed by atoms with Gasteiger partial charge in [0.2, 0.25) is 0 Å². The molecule has 2 aliphatic heterocycles. The third-order valence-corrected chi connectivity index (χ3v) is 7.77. The first-order valence-electron chi connectivity index (χ1n) is 11.5. The number of carbonyl (C=O) groups excluding carboxylic acids is 1. The molecule has 2 aromatic heterocycles. The highest BCUT2D eigenvalue weighted by atomic mass is 32.1. The second kappa shape index (κ2) is 8.71. The van der Waals surface area contributed by atoms with Crippen molar-refractivity contribution in [3.8, 4) is 0 Å². The van der Waals surface area contributed by atoms with Gasteiger partial charge in [0, 0.05) is 55.5 Å². The number of hydrogen-bond acceptors (Lipinski definition) is 6. The van der Waals surface area contributed by atoms with Crippen LogP contribution in [0.25, 0.3) is 10.2 Å². The molecule has 168 valence electrons. The van der Waals surface area contributed by atoms with Crippen LogP contribution in [-0.2, 0) is 6.42 Å². The van der Waals surface area contributed by atoms with Crippen LogP contribution in [0, 0.1) is 13.8 Å². The topological polar surface area (TPSA) is 69.3 Å². The van der Waals surface area contributed by atoms with Crippen LogP contribution in [0.1, 0.15) is 39.3 Å². The number of fused-ring (bicyclic) bond motifs is 3. The zero-order valence-corrected chi connectivity index (χ0v) is 19.8. The van der Waals surface area contributed by atoms with Crippen LogP contribution in [-0.4, -0.2) is 49.7 Å². The molecule has 0 radical (unpaired) electrons. The van der Waals surface area contributed by atoms with E-state index >= 15 is 0 Å². The SMILES string of the molecule is CNc1c(C(=O)NCCc2ccc(N3C[C@H]4CC[C@@H](C3)N4)c(C)c2)sc2nc(C)ccc12. The molecule has 7 heteroatoms. The molecule has 5 rings (SSSR count). The predicted octanol–water partition coefficient (Wildman–Crippen LogP) is 3.87. The van der Waals surface area contributed by atoms with Crippen molar-refractivity contribution in [3.63, 3.8) is 0 Å². The first-order valence-corrected chi connectivity index (χ1v) is 12.3. The van der Waals surface area contributed by atoms with Gasteiger partial charge in [-0.05, 0) is 62.4 Å². The molecule has 6 nitrogen and oxygen atoms in total. The van der Waals surface area contributed by atoms with E-state index < -0.39 is 0 Å². The molecule has 0 unspecified atom stereocenters.